The molecule has 1 aromatic rings. The highest BCUT2D eigenvalue weighted by atomic mass is 16.2. The van der Waals surface area contributed by atoms with E-state index in [2.05, 4.69) is 64.2 Å². The maximum Gasteiger partial charge on any atom is 0.222 e. The molecule has 0 atom stereocenters. The van der Waals surface area contributed by atoms with Crippen LogP contribution < -0.4 is 11.1 Å². The smallest absolute Gasteiger partial charge is 0.222 e. The van der Waals surface area contributed by atoms with Crippen LogP contribution in [-0.2, 0) is 16.0 Å². The zero-order valence-electron chi connectivity index (χ0n) is 20.9. The van der Waals surface area contributed by atoms with Gasteiger partial charge in [0.1, 0.15) is 5.78 Å². The van der Waals surface area contributed by atoms with Crippen LogP contribution in [0.1, 0.15) is 85.3 Å². The number of rotatable bonds is 10. The van der Waals surface area contributed by atoms with Crippen molar-refractivity contribution in [1.29, 1.82) is 0 Å². The van der Waals surface area contributed by atoms with E-state index < -0.39 is 0 Å². The Labute approximate surface area is 186 Å². The third-order valence-electron chi connectivity index (χ3n) is 4.30. The minimum Gasteiger partial charge on any atom is -0.355 e. The number of carbonyl (C=O) groups is 2. The predicted molar refractivity (Wildman–Crippen MR) is 131 cm³/mol. The summed E-state index contributed by atoms with van der Waals surface area (Å²) < 4.78 is 0. The van der Waals surface area contributed by atoms with Gasteiger partial charge in [-0.1, -0.05) is 84.2 Å². The number of aryl methyl sites for hydroxylation is 1. The number of nitrogens with two attached hydrogens (primary N) is 1. The van der Waals surface area contributed by atoms with Gasteiger partial charge in [-0.25, -0.2) is 0 Å². The summed E-state index contributed by atoms with van der Waals surface area (Å²) in [5.74, 6) is 1.72. The molecular weight excluding hydrogens is 372 g/mol. The molecule has 0 aliphatic rings. The standard InChI is InChI=1S/C11H16.C8H15NO2.C7H17N/c1-9(2)8-11-6-4-10(3)5-7-11;1-6(2)8(11)9-5-4-7(3)10;1-7(2)5-3-4-6-8/h4-7,9H,8H2,1-3H3;6H,4-5H2,1-3H3,(H,9,11);7H,3-6,8H2,1-2H3. The molecule has 0 spiro atoms. The zero-order chi connectivity index (χ0) is 23.5. The fourth-order valence-corrected chi connectivity index (χ4v) is 2.46. The zero-order valence-corrected chi connectivity index (χ0v) is 20.9. The second-order valence-corrected chi connectivity index (χ2v) is 9.16. The number of hydrogen-bond donors (Lipinski definition) is 2. The van der Waals surface area contributed by atoms with Gasteiger partial charge in [-0.05, 0) is 50.6 Å². The van der Waals surface area contributed by atoms with Gasteiger partial charge in [0.2, 0.25) is 5.91 Å². The summed E-state index contributed by atoms with van der Waals surface area (Å²) in [5, 5.41) is 2.65. The number of amides is 1. The molecule has 4 nitrogen and oxygen atoms in total. The average Bonchev–Trinajstić information content (AvgIpc) is 2.64. The Hall–Kier alpha value is -1.68. The number of carbonyl (C=O) groups excluding carboxylic acids is 2. The molecular formula is C26H48N2O2. The summed E-state index contributed by atoms with van der Waals surface area (Å²) >= 11 is 0. The first-order valence-electron chi connectivity index (χ1n) is 11.5. The highest BCUT2D eigenvalue weighted by Gasteiger charge is 2.05. The second kappa shape index (κ2) is 19.3. The monoisotopic (exact) mass is 420 g/mol. The molecule has 0 aliphatic heterocycles. The summed E-state index contributed by atoms with van der Waals surface area (Å²) in [6.45, 7) is 17.6. The van der Waals surface area contributed by atoms with Gasteiger partial charge in [0.25, 0.3) is 0 Å². The van der Waals surface area contributed by atoms with Crippen molar-refractivity contribution in [2.75, 3.05) is 13.1 Å². The second-order valence-electron chi connectivity index (χ2n) is 9.16. The summed E-state index contributed by atoms with van der Waals surface area (Å²) in [4.78, 5) is 21.3. The van der Waals surface area contributed by atoms with E-state index in [0.717, 1.165) is 18.4 Å². The largest absolute Gasteiger partial charge is 0.355 e. The Morgan fingerprint density at radius 3 is 1.90 bits per heavy atom. The number of ketones is 1. The van der Waals surface area contributed by atoms with Gasteiger partial charge < -0.3 is 11.1 Å². The molecule has 30 heavy (non-hydrogen) atoms. The van der Waals surface area contributed by atoms with Crippen molar-refractivity contribution in [3.05, 3.63) is 35.4 Å². The van der Waals surface area contributed by atoms with E-state index >= 15 is 0 Å². The first-order valence-corrected chi connectivity index (χ1v) is 11.5. The molecule has 1 aromatic carbocycles. The molecule has 0 aromatic heterocycles. The SMILES string of the molecule is CC(=O)CCNC(=O)C(C)C.CC(C)CCCCN.Cc1ccc(CC(C)C)cc1. The first-order chi connectivity index (χ1) is 14.0. The molecule has 0 saturated carbocycles. The lowest BCUT2D eigenvalue weighted by Gasteiger charge is -2.05. The van der Waals surface area contributed by atoms with Crippen molar-refractivity contribution in [3.8, 4) is 0 Å². The van der Waals surface area contributed by atoms with Crippen LogP contribution in [0.4, 0.5) is 0 Å². The molecule has 0 saturated heterocycles. The summed E-state index contributed by atoms with van der Waals surface area (Å²) in [5.41, 5.74) is 8.11. The Balaban J connectivity index is 0. The van der Waals surface area contributed by atoms with Crippen LogP contribution >= 0.6 is 0 Å². The van der Waals surface area contributed by atoms with E-state index in [1.165, 1.54) is 43.7 Å². The Kier molecular flexibility index (Phi) is 19.6. The maximum atomic E-state index is 10.9. The Morgan fingerprint density at radius 1 is 0.933 bits per heavy atom. The van der Waals surface area contributed by atoms with Crippen molar-refractivity contribution in [1.82, 2.24) is 5.32 Å². The minimum absolute atomic E-state index is 0.00181. The van der Waals surface area contributed by atoms with E-state index in [0.29, 0.717) is 13.0 Å². The molecule has 0 aliphatic carbocycles. The number of hydrogen-bond acceptors (Lipinski definition) is 3. The summed E-state index contributed by atoms with van der Waals surface area (Å²) in [7, 11) is 0. The molecule has 0 bridgehead atoms. The highest BCUT2D eigenvalue weighted by molar-refractivity contribution is 5.79. The predicted octanol–water partition coefficient (Wildman–Crippen LogP) is 5.70. The lowest BCUT2D eigenvalue weighted by molar-refractivity contribution is -0.124. The van der Waals surface area contributed by atoms with Crippen LogP contribution in [-0.4, -0.2) is 24.8 Å². The topological polar surface area (TPSA) is 72.2 Å². The molecule has 174 valence electrons. The average molecular weight is 421 g/mol. The fourth-order valence-electron chi connectivity index (χ4n) is 2.46. The number of benzene rings is 1. The van der Waals surface area contributed by atoms with Crippen molar-refractivity contribution in [2.45, 2.75) is 87.5 Å². The minimum atomic E-state index is 0.00181. The van der Waals surface area contributed by atoms with Crippen molar-refractivity contribution in [3.63, 3.8) is 0 Å². The maximum absolute atomic E-state index is 10.9. The van der Waals surface area contributed by atoms with Gasteiger partial charge in [-0.2, -0.15) is 0 Å². The summed E-state index contributed by atoms with van der Waals surface area (Å²) in [6, 6.07) is 8.79. The van der Waals surface area contributed by atoms with Gasteiger partial charge in [-0.3, -0.25) is 9.59 Å². The van der Waals surface area contributed by atoms with E-state index in [4.69, 9.17) is 5.73 Å². The van der Waals surface area contributed by atoms with Crippen molar-refractivity contribution < 1.29 is 9.59 Å². The number of unbranched alkanes of at least 4 members (excludes halogenated alkanes) is 1. The van der Waals surface area contributed by atoms with Crippen LogP contribution in [0, 0.1) is 24.7 Å². The molecule has 0 radical (unpaired) electrons. The van der Waals surface area contributed by atoms with Gasteiger partial charge in [-0.15, -0.1) is 0 Å². The third kappa shape index (κ3) is 22.6. The van der Waals surface area contributed by atoms with Gasteiger partial charge in [0.05, 0.1) is 0 Å². The number of nitrogens with one attached hydrogen (secondary N) is 1. The molecule has 1 amide bonds. The molecule has 0 unspecified atom stereocenters. The van der Waals surface area contributed by atoms with Gasteiger partial charge >= 0.3 is 0 Å². The quantitative estimate of drug-likeness (QED) is 0.477. The van der Waals surface area contributed by atoms with E-state index in [9.17, 15) is 9.59 Å². The first kappa shape index (κ1) is 30.5. The fraction of sp³-hybridized carbons (Fsp3) is 0.692. The van der Waals surface area contributed by atoms with E-state index in [1.54, 1.807) is 0 Å². The van der Waals surface area contributed by atoms with Gasteiger partial charge in [0, 0.05) is 18.9 Å². The van der Waals surface area contributed by atoms with Crippen molar-refractivity contribution in [2.24, 2.45) is 23.5 Å². The van der Waals surface area contributed by atoms with Crippen LogP contribution in [0.5, 0.6) is 0 Å². The van der Waals surface area contributed by atoms with Crippen LogP contribution in [0.3, 0.4) is 0 Å². The molecule has 4 heteroatoms. The van der Waals surface area contributed by atoms with Crippen molar-refractivity contribution >= 4 is 11.7 Å². The Morgan fingerprint density at radius 2 is 1.50 bits per heavy atom. The third-order valence-corrected chi connectivity index (χ3v) is 4.30. The summed E-state index contributed by atoms with van der Waals surface area (Å²) in [6.07, 6.45) is 5.45. The van der Waals surface area contributed by atoms with Gasteiger partial charge in [0.15, 0.2) is 0 Å². The van der Waals surface area contributed by atoms with Crippen LogP contribution in [0.15, 0.2) is 24.3 Å². The van der Waals surface area contributed by atoms with E-state index in [-0.39, 0.29) is 17.6 Å². The molecule has 0 fully saturated rings. The van der Waals surface area contributed by atoms with Crippen LogP contribution in [0.25, 0.3) is 0 Å². The lowest BCUT2D eigenvalue weighted by atomic mass is 10.0. The Bertz CT molecular complexity index is 549. The molecule has 1 rings (SSSR count). The van der Waals surface area contributed by atoms with E-state index in [1.807, 2.05) is 13.8 Å². The lowest BCUT2D eigenvalue weighted by Crippen LogP contribution is -2.29. The molecule has 0 heterocycles. The molecule has 3 N–H and O–H groups in total. The normalized spacial score (nSPS) is 10.3. The number of Topliss-reactive ketones (excluding diaryl/α,β-unsaturated/α-hetero) is 1. The van der Waals surface area contributed by atoms with Crippen LogP contribution in [0.2, 0.25) is 0 Å². The highest BCUT2D eigenvalue weighted by Crippen LogP contribution is 2.08.